The van der Waals surface area contributed by atoms with Crippen LogP contribution in [0.5, 0.6) is 0 Å². The van der Waals surface area contributed by atoms with Gasteiger partial charge in [-0.3, -0.25) is 9.44 Å². The van der Waals surface area contributed by atoms with E-state index in [1.54, 1.807) is 42.5 Å². The highest BCUT2D eigenvalue weighted by atomic mass is 35.5. The standard InChI is InChI=1S/C26H22ClN3O5S2/c1-30(2)23-10-5-9-20-19(23)8-6-12-25(20)36(31,32)28-21-14-13-18(27)16-22(21)29-37(33,34)26-15-17-7-3-4-11-24(17)35-26/h3-16,28-29H,1-2H3. The summed E-state index contributed by atoms with van der Waals surface area (Å²) in [5, 5.41) is 1.80. The van der Waals surface area contributed by atoms with E-state index in [1.165, 1.54) is 30.3 Å². The average molecular weight is 556 g/mol. The highest BCUT2D eigenvalue weighted by molar-refractivity contribution is 7.93. The van der Waals surface area contributed by atoms with Crippen LogP contribution in [0.3, 0.4) is 0 Å². The van der Waals surface area contributed by atoms with Gasteiger partial charge in [-0.25, -0.2) is 8.42 Å². The molecule has 0 saturated carbocycles. The molecule has 0 aliphatic carbocycles. The molecular weight excluding hydrogens is 534 g/mol. The number of nitrogens with one attached hydrogen (secondary N) is 2. The third-order valence-corrected chi connectivity index (χ3v) is 8.65. The van der Waals surface area contributed by atoms with Gasteiger partial charge in [-0.15, -0.1) is 0 Å². The molecule has 0 spiro atoms. The van der Waals surface area contributed by atoms with Gasteiger partial charge in [0.1, 0.15) is 5.58 Å². The number of rotatable bonds is 7. The van der Waals surface area contributed by atoms with Crippen molar-refractivity contribution in [3.8, 4) is 0 Å². The topological polar surface area (TPSA) is 109 Å². The Balaban J connectivity index is 1.54. The Bertz CT molecular complexity index is 1830. The maximum Gasteiger partial charge on any atom is 0.295 e. The van der Waals surface area contributed by atoms with E-state index in [1.807, 2.05) is 31.1 Å². The minimum absolute atomic E-state index is 0.00449. The van der Waals surface area contributed by atoms with Crippen molar-refractivity contribution in [1.29, 1.82) is 0 Å². The second-order valence-corrected chi connectivity index (χ2v) is 12.2. The van der Waals surface area contributed by atoms with Gasteiger partial charge in [0.15, 0.2) is 0 Å². The number of nitrogens with zero attached hydrogens (tertiary/aromatic N) is 1. The fourth-order valence-electron chi connectivity index (χ4n) is 4.06. The molecule has 5 rings (SSSR count). The molecule has 1 aromatic heterocycles. The Labute approximate surface area is 219 Å². The van der Waals surface area contributed by atoms with Crippen molar-refractivity contribution in [3.05, 3.63) is 90.0 Å². The average Bonchev–Trinajstić information content (AvgIpc) is 3.30. The summed E-state index contributed by atoms with van der Waals surface area (Å²) >= 11 is 6.13. The Morgan fingerprint density at radius 3 is 2.19 bits per heavy atom. The molecule has 0 unspecified atom stereocenters. The number of anilines is 3. The van der Waals surface area contributed by atoms with Gasteiger partial charge in [-0.1, -0.05) is 54.1 Å². The Hall–Kier alpha value is -3.73. The summed E-state index contributed by atoms with van der Waals surface area (Å²) in [6, 6.07) is 22.9. The Morgan fingerprint density at radius 2 is 1.43 bits per heavy atom. The molecule has 0 aliphatic rings. The van der Waals surface area contributed by atoms with Gasteiger partial charge in [0, 0.05) is 47.0 Å². The smallest absolute Gasteiger partial charge is 0.295 e. The monoisotopic (exact) mass is 555 g/mol. The van der Waals surface area contributed by atoms with Gasteiger partial charge in [0.2, 0.25) is 5.09 Å². The number of sulfonamides is 2. The van der Waals surface area contributed by atoms with E-state index in [4.69, 9.17) is 16.0 Å². The first kappa shape index (κ1) is 24.9. The predicted molar refractivity (Wildman–Crippen MR) is 148 cm³/mol. The number of hydrogen-bond donors (Lipinski definition) is 2. The molecule has 0 fully saturated rings. The van der Waals surface area contributed by atoms with Crippen LogP contribution in [0.4, 0.5) is 17.1 Å². The van der Waals surface area contributed by atoms with Crippen LogP contribution >= 0.6 is 11.6 Å². The lowest BCUT2D eigenvalue weighted by Gasteiger charge is -2.18. The van der Waals surface area contributed by atoms with E-state index in [2.05, 4.69) is 9.44 Å². The van der Waals surface area contributed by atoms with Crippen LogP contribution in [0, 0.1) is 0 Å². The molecule has 0 radical (unpaired) electrons. The second-order valence-electron chi connectivity index (χ2n) is 8.53. The largest absolute Gasteiger partial charge is 0.443 e. The minimum Gasteiger partial charge on any atom is -0.443 e. The third-order valence-electron chi connectivity index (χ3n) is 5.77. The van der Waals surface area contributed by atoms with Crippen molar-refractivity contribution in [1.82, 2.24) is 0 Å². The molecule has 11 heteroatoms. The molecular formula is C26H22ClN3O5S2. The lowest BCUT2D eigenvalue weighted by atomic mass is 10.1. The molecule has 190 valence electrons. The lowest BCUT2D eigenvalue weighted by molar-refractivity contribution is 0.484. The summed E-state index contributed by atoms with van der Waals surface area (Å²) in [6.45, 7) is 0. The zero-order chi connectivity index (χ0) is 26.4. The highest BCUT2D eigenvalue weighted by Crippen LogP contribution is 2.34. The first-order valence-corrected chi connectivity index (χ1v) is 14.4. The number of furan rings is 1. The summed E-state index contributed by atoms with van der Waals surface area (Å²) in [4.78, 5) is 1.95. The van der Waals surface area contributed by atoms with Crippen LogP contribution in [-0.2, 0) is 20.0 Å². The normalized spacial score (nSPS) is 12.1. The van der Waals surface area contributed by atoms with Crippen molar-refractivity contribution in [2.75, 3.05) is 28.4 Å². The van der Waals surface area contributed by atoms with Gasteiger partial charge < -0.3 is 9.32 Å². The van der Waals surface area contributed by atoms with E-state index in [9.17, 15) is 16.8 Å². The van der Waals surface area contributed by atoms with Gasteiger partial charge in [-0.2, -0.15) is 8.42 Å². The summed E-state index contributed by atoms with van der Waals surface area (Å²) in [5.74, 6) is 0. The molecule has 5 aromatic rings. The number of fused-ring (bicyclic) bond motifs is 2. The molecule has 2 N–H and O–H groups in total. The van der Waals surface area contributed by atoms with Crippen molar-refractivity contribution < 1.29 is 21.3 Å². The number of hydrogen-bond acceptors (Lipinski definition) is 6. The van der Waals surface area contributed by atoms with Crippen molar-refractivity contribution in [3.63, 3.8) is 0 Å². The maximum absolute atomic E-state index is 13.5. The van der Waals surface area contributed by atoms with Crippen molar-refractivity contribution in [2.45, 2.75) is 9.99 Å². The van der Waals surface area contributed by atoms with E-state index >= 15 is 0 Å². The third kappa shape index (κ3) is 4.83. The minimum atomic E-state index is -4.20. The SMILES string of the molecule is CN(C)c1cccc2c(S(=O)(=O)Nc3ccc(Cl)cc3NS(=O)(=O)c3cc4ccccc4o3)cccc12. The summed E-state index contributed by atoms with van der Waals surface area (Å²) in [7, 11) is -4.57. The molecule has 0 saturated heterocycles. The fraction of sp³-hybridized carbons (Fsp3) is 0.0769. The van der Waals surface area contributed by atoms with E-state index < -0.39 is 20.0 Å². The quantitative estimate of drug-likeness (QED) is 0.258. The van der Waals surface area contributed by atoms with Crippen LogP contribution < -0.4 is 14.3 Å². The van der Waals surface area contributed by atoms with Crippen LogP contribution in [0.1, 0.15) is 0 Å². The van der Waals surface area contributed by atoms with Crippen LogP contribution in [-0.4, -0.2) is 30.9 Å². The fourth-order valence-corrected chi connectivity index (χ4v) is 6.58. The zero-order valence-corrected chi connectivity index (χ0v) is 22.2. The molecule has 8 nitrogen and oxygen atoms in total. The second kappa shape index (κ2) is 9.29. The van der Waals surface area contributed by atoms with Gasteiger partial charge in [0.25, 0.3) is 20.0 Å². The molecule has 4 aromatic carbocycles. The van der Waals surface area contributed by atoms with Crippen LogP contribution in [0.15, 0.2) is 99.3 Å². The zero-order valence-electron chi connectivity index (χ0n) is 19.8. The molecule has 0 bridgehead atoms. The lowest BCUT2D eigenvalue weighted by Crippen LogP contribution is -2.18. The summed E-state index contributed by atoms with van der Waals surface area (Å²) in [6.07, 6.45) is 0. The van der Waals surface area contributed by atoms with E-state index in [0.29, 0.717) is 16.4 Å². The van der Waals surface area contributed by atoms with E-state index in [0.717, 1.165) is 11.1 Å². The first-order chi connectivity index (χ1) is 17.5. The summed E-state index contributed by atoms with van der Waals surface area (Å²) < 4.78 is 63.7. The summed E-state index contributed by atoms with van der Waals surface area (Å²) in [5.41, 5.74) is 1.22. The number of halogens is 1. The molecule has 0 amide bonds. The molecule has 0 aliphatic heterocycles. The van der Waals surface area contributed by atoms with Crippen molar-refractivity contribution in [2.24, 2.45) is 0 Å². The maximum atomic E-state index is 13.5. The van der Waals surface area contributed by atoms with Gasteiger partial charge in [0.05, 0.1) is 16.3 Å². The molecule has 0 atom stereocenters. The molecule has 37 heavy (non-hydrogen) atoms. The van der Waals surface area contributed by atoms with Gasteiger partial charge >= 0.3 is 0 Å². The number of para-hydroxylation sites is 1. The molecule has 1 heterocycles. The van der Waals surface area contributed by atoms with Crippen molar-refractivity contribution >= 4 is 70.5 Å². The first-order valence-electron chi connectivity index (χ1n) is 11.1. The Morgan fingerprint density at radius 1 is 0.730 bits per heavy atom. The predicted octanol–water partition coefficient (Wildman–Crippen LogP) is 5.91. The van der Waals surface area contributed by atoms with E-state index in [-0.39, 0.29) is 26.4 Å². The Kier molecular flexibility index (Phi) is 6.26. The van der Waals surface area contributed by atoms with Crippen LogP contribution in [0.2, 0.25) is 5.02 Å². The highest BCUT2D eigenvalue weighted by Gasteiger charge is 2.24. The number of benzene rings is 4. The van der Waals surface area contributed by atoms with Gasteiger partial charge in [-0.05, 0) is 36.4 Å². The van der Waals surface area contributed by atoms with Crippen LogP contribution in [0.25, 0.3) is 21.7 Å².